The van der Waals surface area contributed by atoms with Crippen molar-refractivity contribution in [3.8, 4) is 0 Å². The van der Waals surface area contributed by atoms with Gasteiger partial charge in [0, 0.05) is 44.4 Å². The maximum Gasteiger partial charge on any atom is 0.416 e. The van der Waals surface area contributed by atoms with Crippen LogP contribution in [0.2, 0.25) is 0 Å². The molecule has 0 radical (unpaired) electrons. The number of benzene rings is 1. The topological polar surface area (TPSA) is 84.3 Å². The summed E-state index contributed by atoms with van der Waals surface area (Å²) < 4.78 is 39.5. The Bertz CT molecular complexity index is 1040. The van der Waals surface area contributed by atoms with Crippen molar-refractivity contribution in [1.29, 1.82) is 0 Å². The Kier molecular flexibility index (Phi) is 12.6. The largest absolute Gasteiger partial charge is 0.478 e. The van der Waals surface area contributed by atoms with Crippen molar-refractivity contribution in [2.24, 2.45) is 0 Å². The predicted octanol–water partition coefficient (Wildman–Crippen LogP) is 5.08. The molecule has 1 aromatic rings. The van der Waals surface area contributed by atoms with Gasteiger partial charge in [-0.1, -0.05) is 18.6 Å². The molecule has 2 heterocycles. The molecule has 0 aliphatic carbocycles. The molecule has 2 N–H and O–H groups in total. The van der Waals surface area contributed by atoms with E-state index in [1.807, 2.05) is 19.0 Å². The van der Waals surface area contributed by atoms with Crippen molar-refractivity contribution in [3.63, 3.8) is 0 Å². The normalized spacial score (nSPS) is 18.8. The molecular formula is C26H36Cl2F3N3O4. The number of carbonyl (C=O) groups is 2. The summed E-state index contributed by atoms with van der Waals surface area (Å²) >= 11 is 0. The van der Waals surface area contributed by atoms with Crippen molar-refractivity contribution >= 4 is 36.8 Å². The molecule has 7 nitrogen and oxygen atoms in total. The van der Waals surface area contributed by atoms with Gasteiger partial charge in [0.25, 0.3) is 0 Å². The monoisotopic (exact) mass is 581 g/mol. The second-order valence-electron chi connectivity index (χ2n) is 9.65. The number of hydrogen-bond acceptors (Lipinski definition) is 5. The Morgan fingerprint density at radius 2 is 1.42 bits per heavy atom. The first-order chi connectivity index (χ1) is 16.9. The number of alkyl halides is 3. The van der Waals surface area contributed by atoms with Crippen LogP contribution < -0.4 is 0 Å². The van der Waals surface area contributed by atoms with E-state index in [0.717, 1.165) is 44.5 Å². The molecule has 0 bridgehead atoms. The lowest BCUT2D eigenvalue weighted by molar-refractivity contribution is -0.138. The van der Waals surface area contributed by atoms with Gasteiger partial charge < -0.3 is 24.9 Å². The average Bonchev–Trinajstić information content (AvgIpc) is 2.81. The number of rotatable bonds is 9. The Hall–Kier alpha value is -2.27. The highest BCUT2D eigenvalue weighted by Crippen LogP contribution is 2.44. The minimum absolute atomic E-state index is 0. The number of piperidine rings is 1. The molecule has 0 spiro atoms. The van der Waals surface area contributed by atoms with E-state index < -0.39 is 29.6 Å². The Morgan fingerprint density at radius 1 is 0.921 bits per heavy atom. The third-order valence-electron chi connectivity index (χ3n) is 6.95. The molecule has 1 saturated heterocycles. The summed E-state index contributed by atoms with van der Waals surface area (Å²) in [7, 11) is 5.39. The lowest BCUT2D eigenvalue weighted by Crippen LogP contribution is -2.37. The SMILES string of the molecule is CN(C)CCC1=C(C(=O)O)C(c2ccc(C(F)(F)F)cc2)C(C(=O)O)=C(CCN2CCCCC2)N1C.Cl.Cl. The van der Waals surface area contributed by atoms with Gasteiger partial charge in [-0.2, -0.15) is 13.2 Å². The van der Waals surface area contributed by atoms with E-state index >= 15 is 0 Å². The van der Waals surface area contributed by atoms with Crippen molar-refractivity contribution in [3.05, 3.63) is 57.9 Å². The van der Waals surface area contributed by atoms with E-state index in [1.165, 1.54) is 12.1 Å². The molecule has 38 heavy (non-hydrogen) atoms. The fourth-order valence-corrected chi connectivity index (χ4v) is 5.07. The van der Waals surface area contributed by atoms with Crippen LogP contribution >= 0.6 is 24.8 Å². The van der Waals surface area contributed by atoms with Crippen molar-refractivity contribution < 1.29 is 33.0 Å². The Balaban J connectivity index is 0.00000361. The predicted molar refractivity (Wildman–Crippen MR) is 144 cm³/mol. The summed E-state index contributed by atoms with van der Waals surface area (Å²) in [6.07, 6.45) is -0.498. The molecule has 3 rings (SSSR count). The molecule has 2 aliphatic rings. The van der Waals surface area contributed by atoms with Gasteiger partial charge in [-0.25, -0.2) is 9.59 Å². The van der Waals surface area contributed by atoms with Crippen LogP contribution in [0.15, 0.2) is 46.8 Å². The summed E-state index contributed by atoms with van der Waals surface area (Å²) in [6, 6.07) is 4.13. The van der Waals surface area contributed by atoms with Crippen molar-refractivity contribution in [1.82, 2.24) is 14.7 Å². The quantitative estimate of drug-likeness (QED) is 0.420. The number of likely N-dealkylation sites (tertiary alicyclic amines) is 1. The number of carboxylic acids is 2. The summed E-state index contributed by atoms with van der Waals surface area (Å²) in [5.41, 5.74) is 0.0951. The number of halogens is 5. The van der Waals surface area contributed by atoms with E-state index in [0.29, 0.717) is 37.3 Å². The number of nitrogens with zero attached hydrogens (tertiary/aromatic N) is 3. The molecule has 0 amide bonds. The summed E-state index contributed by atoms with van der Waals surface area (Å²) in [5, 5.41) is 20.5. The molecule has 12 heteroatoms. The van der Waals surface area contributed by atoms with E-state index in [4.69, 9.17) is 0 Å². The summed E-state index contributed by atoms with van der Waals surface area (Å²) in [6.45, 7) is 2.99. The van der Waals surface area contributed by atoms with Gasteiger partial charge in [-0.3, -0.25) is 0 Å². The third-order valence-corrected chi connectivity index (χ3v) is 6.95. The fourth-order valence-electron chi connectivity index (χ4n) is 5.07. The Morgan fingerprint density at radius 3 is 1.87 bits per heavy atom. The second kappa shape index (κ2) is 14.2. The van der Waals surface area contributed by atoms with Crippen molar-refractivity contribution in [2.45, 2.75) is 44.2 Å². The van der Waals surface area contributed by atoms with Gasteiger partial charge in [-0.05, 0) is 57.7 Å². The van der Waals surface area contributed by atoms with E-state index in [2.05, 4.69) is 4.90 Å². The van der Waals surface area contributed by atoms with Crippen LogP contribution in [0.4, 0.5) is 13.2 Å². The maximum atomic E-state index is 13.2. The maximum absolute atomic E-state index is 13.2. The molecule has 1 atom stereocenters. The van der Waals surface area contributed by atoms with Crippen LogP contribution in [0.1, 0.15) is 49.1 Å². The van der Waals surface area contributed by atoms with Gasteiger partial charge in [0.2, 0.25) is 0 Å². The average molecular weight is 582 g/mol. The zero-order chi connectivity index (χ0) is 26.6. The van der Waals surface area contributed by atoms with Crippen LogP contribution in [0.3, 0.4) is 0 Å². The Labute approximate surface area is 233 Å². The zero-order valence-electron chi connectivity index (χ0n) is 21.8. The highest BCUT2D eigenvalue weighted by atomic mass is 35.5. The molecule has 0 saturated carbocycles. The minimum atomic E-state index is -4.56. The highest BCUT2D eigenvalue weighted by Gasteiger charge is 2.41. The second-order valence-corrected chi connectivity index (χ2v) is 9.65. The van der Waals surface area contributed by atoms with E-state index in [1.54, 1.807) is 11.9 Å². The number of carboxylic acid groups (broad SMARTS) is 2. The molecule has 214 valence electrons. The van der Waals surface area contributed by atoms with Gasteiger partial charge >= 0.3 is 18.1 Å². The van der Waals surface area contributed by atoms with Crippen LogP contribution in [0.25, 0.3) is 0 Å². The molecular weight excluding hydrogens is 546 g/mol. The van der Waals surface area contributed by atoms with Gasteiger partial charge in [0.15, 0.2) is 0 Å². The first-order valence-corrected chi connectivity index (χ1v) is 12.1. The van der Waals surface area contributed by atoms with E-state index in [-0.39, 0.29) is 41.5 Å². The van der Waals surface area contributed by atoms with Gasteiger partial charge in [0.05, 0.1) is 22.6 Å². The molecule has 1 fully saturated rings. The zero-order valence-corrected chi connectivity index (χ0v) is 23.4. The smallest absolute Gasteiger partial charge is 0.416 e. The third kappa shape index (κ3) is 7.88. The first-order valence-electron chi connectivity index (χ1n) is 12.1. The fraction of sp³-hybridized carbons (Fsp3) is 0.538. The molecule has 2 aliphatic heterocycles. The van der Waals surface area contributed by atoms with Gasteiger partial charge in [0.1, 0.15) is 0 Å². The lowest BCUT2D eigenvalue weighted by Gasteiger charge is -2.38. The van der Waals surface area contributed by atoms with Crippen LogP contribution in [0, 0.1) is 0 Å². The molecule has 1 unspecified atom stereocenters. The standard InChI is InChI=1S/C26H34F3N3O4.2ClH/c1-30(2)15-11-19-22(24(33)34)21(17-7-9-18(10-8-17)26(27,28)29)23(25(35)36)20(31(19)3)12-16-32-13-5-4-6-14-32;;/h7-10,21H,4-6,11-16H2,1-3H3,(H,33,34)(H,35,36);2*1H. The van der Waals surface area contributed by atoms with Crippen molar-refractivity contribution in [2.75, 3.05) is 47.3 Å². The van der Waals surface area contributed by atoms with E-state index in [9.17, 15) is 33.0 Å². The summed E-state index contributed by atoms with van der Waals surface area (Å²) in [5.74, 6) is -3.74. The lowest BCUT2D eigenvalue weighted by atomic mass is 9.78. The molecule has 1 aromatic carbocycles. The van der Waals surface area contributed by atoms with Crippen LogP contribution in [0.5, 0.6) is 0 Å². The van der Waals surface area contributed by atoms with Gasteiger partial charge in [-0.15, -0.1) is 24.8 Å². The summed E-state index contributed by atoms with van der Waals surface area (Å²) in [4.78, 5) is 31.0. The van der Waals surface area contributed by atoms with Crippen LogP contribution in [-0.4, -0.2) is 84.2 Å². The minimum Gasteiger partial charge on any atom is -0.478 e. The molecule has 0 aromatic heterocycles. The number of hydrogen-bond donors (Lipinski definition) is 2. The van der Waals surface area contributed by atoms with Crippen LogP contribution in [-0.2, 0) is 15.8 Å². The highest BCUT2D eigenvalue weighted by molar-refractivity contribution is 5.98. The number of aliphatic carboxylic acids is 2. The first kappa shape index (κ1) is 33.8.